The number of aliphatic hydroxyl groups excluding tert-OH is 2. The summed E-state index contributed by atoms with van der Waals surface area (Å²) in [6, 6.07) is 0. The Bertz CT molecular complexity index is 870. The van der Waals surface area contributed by atoms with E-state index in [1.807, 2.05) is 19.9 Å². The van der Waals surface area contributed by atoms with E-state index < -0.39 is 18.4 Å². The van der Waals surface area contributed by atoms with E-state index >= 15 is 0 Å². The molecule has 3 rings (SSSR count). The average Bonchev–Trinajstić information content (AvgIpc) is 3.17. The van der Waals surface area contributed by atoms with Crippen molar-refractivity contribution in [2.45, 2.75) is 46.7 Å². The van der Waals surface area contributed by atoms with Gasteiger partial charge in [-0.3, -0.25) is 9.79 Å². The number of H-pyrrole nitrogens is 1. The Morgan fingerprint density at radius 3 is 2.61 bits per heavy atom. The molecule has 3 atom stereocenters. The number of rotatable bonds is 6. The number of carbonyl (C=O) groups excluding carboxylic acids is 1. The molecule has 2 aliphatic rings. The number of hydrazone groups is 1. The van der Waals surface area contributed by atoms with E-state index in [-0.39, 0.29) is 5.91 Å². The number of hydrogen-bond donors (Lipinski definition) is 5. The molecule has 5 N–H and O–H groups in total. The van der Waals surface area contributed by atoms with E-state index in [1.165, 1.54) is 6.21 Å². The molecule has 0 saturated heterocycles. The summed E-state index contributed by atoms with van der Waals surface area (Å²) in [4.78, 5) is 21.3. The molecule has 0 fully saturated rings. The van der Waals surface area contributed by atoms with Crippen molar-refractivity contribution in [1.82, 2.24) is 20.6 Å². The maximum atomic E-state index is 12.0. The number of carbonyl (C=O) groups is 1. The van der Waals surface area contributed by atoms with Crippen LogP contribution in [0.2, 0.25) is 0 Å². The van der Waals surface area contributed by atoms with Gasteiger partial charge in [0.05, 0.1) is 11.4 Å². The molecule has 0 aromatic carbocycles. The Morgan fingerprint density at radius 2 is 2.00 bits per heavy atom. The number of aliphatic hydroxyl groups is 2. The molecular weight excluding hydrogens is 360 g/mol. The summed E-state index contributed by atoms with van der Waals surface area (Å²) in [6.45, 7) is 7.59. The van der Waals surface area contributed by atoms with E-state index in [0.29, 0.717) is 18.0 Å². The number of nitrogens with zero attached hydrogens (tertiary/aromatic N) is 3. The van der Waals surface area contributed by atoms with Gasteiger partial charge in [-0.05, 0) is 44.9 Å². The van der Waals surface area contributed by atoms with Crippen LogP contribution in [0, 0.1) is 19.8 Å². The fourth-order valence-corrected chi connectivity index (χ4v) is 3.36. The molecule has 0 radical (unpaired) electrons. The molecule has 9 heteroatoms. The summed E-state index contributed by atoms with van der Waals surface area (Å²) in [5.74, 6) is -0.758. The van der Waals surface area contributed by atoms with Crippen LogP contribution >= 0.6 is 0 Å². The van der Waals surface area contributed by atoms with Gasteiger partial charge in [-0.1, -0.05) is 0 Å². The van der Waals surface area contributed by atoms with Crippen LogP contribution in [0.5, 0.6) is 0 Å². The van der Waals surface area contributed by atoms with E-state index in [9.17, 15) is 15.0 Å². The van der Waals surface area contributed by atoms with Crippen LogP contribution in [0.25, 0.3) is 6.08 Å². The first-order valence-corrected chi connectivity index (χ1v) is 9.14. The summed E-state index contributed by atoms with van der Waals surface area (Å²) in [5.41, 5.74) is 7.53. The van der Waals surface area contributed by atoms with Gasteiger partial charge >= 0.3 is 0 Å². The van der Waals surface area contributed by atoms with E-state index in [0.717, 1.165) is 22.5 Å². The number of aryl methyl sites for hydroxylation is 1. The number of amides is 1. The van der Waals surface area contributed by atoms with Gasteiger partial charge < -0.3 is 20.5 Å². The zero-order valence-corrected chi connectivity index (χ0v) is 16.4. The number of hydrogen-bond acceptors (Lipinski definition) is 7. The molecule has 0 aliphatic carbocycles. The topological polar surface area (TPSA) is 125 Å². The normalized spacial score (nSPS) is 22.4. The van der Waals surface area contributed by atoms with Crippen LogP contribution in [0.15, 0.2) is 28.2 Å². The van der Waals surface area contributed by atoms with Crippen LogP contribution in [0.1, 0.15) is 36.4 Å². The molecule has 3 heterocycles. The maximum Gasteiger partial charge on any atom is 0.254 e. The minimum absolute atomic E-state index is 0.216. The van der Waals surface area contributed by atoms with Crippen molar-refractivity contribution >= 4 is 23.9 Å². The maximum absolute atomic E-state index is 12.0. The van der Waals surface area contributed by atoms with Gasteiger partial charge in [0.15, 0.2) is 0 Å². The zero-order valence-electron chi connectivity index (χ0n) is 16.4. The molecule has 0 saturated carbocycles. The summed E-state index contributed by atoms with van der Waals surface area (Å²) in [7, 11) is 0. The highest BCUT2D eigenvalue weighted by Crippen LogP contribution is 2.24. The lowest BCUT2D eigenvalue weighted by Crippen LogP contribution is -2.39. The monoisotopic (exact) mass is 386 g/mol. The largest absolute Gasteiger partial charge is 0.379 e. The van der Waals surface area contributed by atoms with Crippen molar-refractivity contribution in [1.29, 1.82) is 0 Å². The Hall–Kier alpha value is -2.75. The molecule has 2 aliphatic heterocycles. The third kappa shape index (κ3) is 3.91. The van der Waals surface area contributed by atoms with Gasteiger partial charge in [0.2, 0.25) is 0 Å². The van der Waals surface area contributed by atoms with Crippen molar-refractivity contribution in [3.05, 3.63) is 40.6 Å². The molecule has 0 spiro atoms. The van der Waals surface area contributed by atoms with E-state index in [4.69, 9.17) is 0 Å². The lowest BCUT2D eigenvalue weighted by atomic mass is 9.99. The molecule has 0 bridgehead atoms. The van der Waals surface area contributed by atoms with Crippen LogP contribution < -0.4 is 10.7 Å². The standard InChI is InChI=1S/C19H26N6O3/c1-10-15(9-25(12(3)26)13(4)27)11(2)23-16(10)7-17-18(21-6-5-20-17)14-8-22-24-19(14)28/h5-8,12-14,20,23,26-27H,9H2,1-4H3,(H,24,28). The van der Waals surface area contributed by atoms with Gasteiger partial charge in [0, 0.05) is 36.5 Å². The highest BCUT2D eigenvalue weighted by atomic mass is 16.3. The Balaban J connectivity index is 1.92. The summed E-state index contributed by atoms with van der Waals surface area (Å²) in [6.07, 6.45) is 5.20. The average molecular weight is 386 g/mol. The Morgan fingerprint density at radius 1 is 1.29 bits per heavy atom. The summed E-state index contributed by atoms with van der Waals surface area (Å²) >= 11 is 0. The SMILES string of the molecule is Cc1[nH]c(C=C2NC=CN=C2C2C=NNC2=O)c(C)c1CN(C(C)O)C(C)O. The lowest BCUT2D eigenvalue weighted by Gasteiger charge is -2.28. The van der Waals surface area contributed by atoms with Crippen molar-refractivity contribution in [3.8, 4) is 0 Å². The number of aromatic nitrogens is 1. The highest BCUT2D eigenvalue weighted by Gasteiger charge is 2.30. The molecular formula is C19H26N6O3. The van der Waals surface area contributed by atoms with E-state index in [2.05, 4.69) is 25.8 Å². The second-order valence-electron chi connectivity index (χ2n) is 6.97. The quantitative estimate of drug-likeness (QED) is 0.460. The predicted octanol–water partition coefficient (Wildman–Crippen LogP) is 0.698. The fourth-order valence-electron chi connectivity index (χ4n) is 3.36. The molecule has 3 unspecified atom stereocenters. The zero-order chi connectivity index (χ0) is 20.4. The van der Waals surface area contributed by atoms with Crippen LogP contribution in [-0.2, 0) is 11.3 Å². The van der Waals surface area contributed by atoms with Gasteiger partial charge in [0.1, 0.15) is 18.4 Å². The molecule has 1 aromatic heterocycles. The van der Waals surface area contributed by atoms with Crippen molar-refractivity contribution in [2.75, 3.05) is 0 Å². The molecule has 28 heavy (non-hydrogen) atoms. The predicted molar refractivity (Wildman–Crippen MR) is 107 cm³/mol. The third-order valence-corrected chi connectivity index (χ3v) is 5.00. The molecule has 9 nitrogen and oxygen atoms in total. The number of nitrogens with one attached hydrogen (secondary N) is 3. The van der Waals surface area contributed by atoms with Crippen LogP contribution in [-0.4, -0.2) is 50.4 Å². The number of aliphatic imine (C=N–C) groups is 1. The minimum atomic E-state index is -0.778. The van der Waals surface area contributed by atoms with E-state index in [1.54, 1.807) is 31.1 Å². The first-order chi connectivity index (χ1) is 13.3. The van der Waals surface area contributed by atoms with Crippen LogP contribution in [0.4, 0.5) is 0 Å². The molecule has 150 valence electrons. The van der Waals surface area contributed by atoms with Crippen LogP contribution in [0.3, 0.4) is 0 Å². The minimum Gasteiger partial charge on any atom is -0.379 e. The molecule has 1 aromatic rings. The van der Waals surface area contributed by atoms with Gasteiger partial charge in [-0.15, -0.1) is 0 Å². The van der Waals surface area contributed by atoms with Crippen molar-refractivity contribution in [3.63, 3.8) is 0 Å². The third-order valence-electron chi connectivity index (χ3n) is 5.00. The lowest BCUT2D eigenvalue weighted by molar-refractivity contribution is -0.120. The van der Waals surface area contributed by atoms with Gasteiger partial charge in [-0.2, -0.15) is 5.10 Å². The fraction of sp³-hybridized carbons (Fsp3) is 0.421. The number of aromatic amines is 1. The number of allylic oxidation sites excluding steroid dienone is 1. The first-order valence-electron chi connectivity index (χ1n) is 9.14. The highest BCUT2D eigenvalue weighted by molar-refractivity contribution is 6.24. The second kappa shape index (κ2) is 8.09. The smallest absolute Gasteiger partial charge is 0.254 e. The summed E-state index contributed by atoms with van der Waals surface area (Å²) in [5, 5.41) is 26.8. The summed E-state index contributed by atoms with van der Waals surface area (Å²) < 4.78 is 0. The molecule has 1 amide bonds. The second-order valence-corrected chi connectivity index (χ2v) is 6.97. The van der Waals surface area contributed by atoms with Gasteiger partial charge in [-0.25, -0.2) is 10.3 Å². The van der Waals surface area contributed by atoms with Crippen molar-refractivity contribution < 1.29 is 15.0 Å². The van der Waals surface area contributed by atoms with Gasteiger partial charge in [0.25, 0.3) is 5.91 Å². The Labute approximate surface area is 163 Å². The Kier molecular flexibility index (Phi) is 5.78. The first kappa shape index (κ1) is 20.0. The van der Waals surface area contributed by atoms with Crippen molar-refractivity contribution in [2.24, 2.45) is 16.0 Å².